The van der Waals surface area contributed by atoms with E-state index in [1.165, 1.54) is 12.1 Å². The minimum Gasteiger partial charge on any atom is -0.324 e. The van der Waals surface area contributed by atoms with Crippen LogP contribution in [0.2, 0.25) is 0 Å². The van der Waals surface area contributed by atoms with Crippen molar-refractivity contribution in [2.24, 2.45) is 5.73 Å². The van der Waals surface area contributed by atoms with Crippen molar-refractivity contribution in [3.63, 3.8) is 0 Å². The first kappa shape index (κ1) is 12.9. The van der Waals surface area contributed by atoms with E-state index < -0.39 is 4.92 Å². The molecule has 1 aromatic rings. The molecule has 0 spiro atoms. The van der Waals surface area contributed by atoms with E-state index in [1.807, 2.05) is 13.0 Å². The molecule has 0 radical (unpaired) electrons. The van der Waals surface area contributed by atoms with Gasteiger partial charge in [-0.25, -0.2) is 0 Å². The molecule has 1 unspecified atom stereocenters. The summed E-state index contributed by atoms with van der Waals surface area (Å²) in [5, 5.41) is 10.5. The number of hydrogen-bond acceptors (Lipinski definition) is 3. The number of nitro groups is 1. The Bertz CT molecular complexity index is 340. The van der Waals surface area contributed by atoms with Crippen molar-refractivity contribution in [1.29, 1.82) is 0 Å². The monoisotopic (exact) mass is 216 g/mol. The SMILES string of the molecule is Cc1cc(C(C)N)cc([N+](=O)[O-])c1.Cl. The highest BCUT2D eigenvalue weighted by Crippen LogP contribution is 2.20. The molecular formula is C9H13ClN2O2. The molecule has 2 N–H and O–H groups in total. The second-order valence-electron chi connectivity index (χ2n) is 3.15. The van der Waals surface area contributed by atoms with Gasteiger partial charge < -0.3 is 5.73 Å². The van der Waals surface area contributed by atoms with E-state index in [2.05, 4.69) is 0 Å². The van der Waals surface area contributed by atoms with Crippen LogP contribution < -0.4 is 5.73 Å². The Morgan fingerprint density at radius 3 is 2.43 bits per heavy atom. The normalized spacial score (nSPS) is 11.6. The molecule has 0 amide bonds. The molecule has 78 valence electrons. The summed E-state index contributed by atoms with van der Waals surface area (Å²) in [5.74, 6) is 0. The maximum Gasteiger partial charge on any atom is 0.270 e. The molecule has 1 atom stereocenters. The molecule has 0 bridgehead atoms. The first-order chi connectivity index (χ1) is 6.00. The number of rotatable bonds is 2. The van der Waals surface area contributed by atoms with E-state index in [1.54, 1.807) is 6.92 Å². The maximum atomic E-state index is 10.5. The summed E-state index contributed by atoms with van der Waals surface area (Å²) >= 11 is 0. The van der Waals surface area contributed by atoms with Gasteiger partial charge in [-0.05, 0) is 25.0 Å². The lowest BCUT2D eigenvalue weighted by molar-refractivity contribution is -0.385. The number of nitro benzene ring substituents is 1. The van der Waals surface area contributed by atoms with Crippen LogP contribution >= 0.6 is 12.4 Å². The first-order valence-electron chi connectivity index (χ1n) is 4.02. The molecular weight excluding hydrogens is 204 g/mol. The van der Waals surface area contributed by atoms with Crippen LogP contribution in [-0.4, -0.2) is 4.92 Å². The maximum absolute atomic E-state index is 10.5. The Labute approximate surface area is 88.7 Å². The van der Waals surface area contributed by atoms with Gasteiger partial charge in [0, 0.05) is 18.2 Å². The fraction of sp³-hybridized carbons (Fsp3) is 0.333. The summed E-state index contributed by atoms with van der Waals surface area (Å²) in [4.78, 5) is 10.1. The quantitative estimate of drug-likeness (QED) is 0.610. The van der Waals surface area contributed by atoms with E-state index in [9.17, 15) is 10.1 Å². The summed E-state index contributed by atoms with van der Waals surface area (Å²) in [6.07, 6.45) is 0. The van der Waals surface area contributed by atoms with E-state index in [4.69, 9.17) is 5.73 Å². The Morgan fingerprint density at radius 1 is 1.43 bits per heavy atom. The average Bonchev–Trinajstić information content (AvgIpc) is 2.03. The van der Waals surface area contributed by atoms with Crippen molar-refractivity contribution in [2.75, 3.05) is 0 Å². The third kappa shape index (κ3) is 2.97. The van der Waals surface area contributed by atoms with E-state index >= 15 is 0 Å². The van der Waals surface area contributed by atoms with Crippen molar-refractivity contribution >= 4 is 18.1 Å². The van der Waals surface area contributed by atoms with Crippen LogP contribution in [0.3, 0.4) is 0 Å². The molecule has 4 nitrogen and oxygen atoms in total. The van der Waals surface area contributed by atoms with Gasteiger partial charge in [-0.1, -0.05) is 6.07 Å². The smallest absolute Gasteiger partial charge is 0.270 e. The number of benzene rings is 1. The molecule has 14 heavy (non-hydrogen) atoms. The molecule has 1 rings (SSSR count). The lowest BCUT2D eigenvalue weighted by Gasteiger charge is -2.05. The lowest BCUT2D eigenvalue weighted by Crippen LogP contribution is -2.05. The summed E-state index contributed by atoms with van der Waals surface area (Å²) in [5.41, 5.74) is 7.39. The molecule has 0 saturated heterocycles. The zero-order valence-electron chi connectivity index (χ0n) is 8.06. The van der Waals surface area contributed by atoms with Crippen LogP contribution in [0.25, 0.3) is 0 Å². The third-order valence-corrected chi connectivity index (χ3v) is 1.82. The van der Waals surface area contributed by atoms with Crippen molar-refractivity contribution in [2.45, 2.75) is 19.9 Å². The van der Waals surface area contributed by atoms with E-state index in [-0.39, 0.29) is 24.1 Å². The fourth-order valence-electron chi connectivity index (χ4n) is 1.16. The Morgan fingerprint density at radius 2 is 2.00 bits per heavy atom. The highest BCUT2D eigenvalue weighted by molar-refractivity contribution is 5.85. The van der Waals surface area contributed by atoms with Gasteiger partial charge in [0.1, 0.15) is 0 Å². The topological polar surface area (TPSA) is 69.2 Å². The Hall–Kier alpha value is -1.13. The summed E-state index contributed by atoms with van der Waals surface area (Å²) in [7, 11) is 0. The zero-order valence-corrected chi connectivity index (χ0v) is 8.88. The number of nitrogens with two attached hydrogens (primary N) is 1. The summed E-state index contributed by atoms with van der Waals surface area (Å²) in [6.45, 7) is 3.62. The number of non-ortho nitro benzene ring substituents is 1. The van der Waals surface area contributed by atoms with Gasteiger partial charge in [0.2, 0.25) is 0 Å². The fourth-order valence-corrected chi connectivity index (χ4v) is 1.16. The second kappa shape index (κ2) is 4.93. The molecule has 0 heterocycles. The molecule has 1 aromatic carbocycles. The van der Waals surface area contributed by atoms with E-state index in [0.717, 1.165) is 11.1 Å². The van der Waals surface area contributed by atoms with E-state index in [0.29, 0.717) is 0 Å². The summed E-state index contributed by atoms with van der Waals surface area (Å²) in [6, 6.07) is 4.74. The molecule has 0 aliphatic heterocycles. The molecule has 0 aliphatic carbocycles. The van der Waals surface area contributed by atoms with Crippen molar-refractivity contribution in [1.82, 2.24) is 0 Å². The van der Waals surface area contributed by atoms with Crippen molar-refractivity contribution in [3.8, 4) is 0 Å². The summed E-state index contributed by atoms with van der Waals surface area (Å²) < 4.78 is 0. The number of aryl methyl sites for hydroxylation is 1. The van der Waals surface area contributed by atoms with Gasteiger partial charge in [0.25, 0.3) is 5.69 Å². The predicted octanol–water partition coefficient (Wildman–Crippen LogP) is 2.34. The Kier molecular flexibility index (Phi) is 4.53. The standard InChI is InChI=1S/C9H12N2O2.ClH/c1-6-3-8(7(2)10)5-9(4-6)11(12)13;/h3-5,7H,10H2,1-2H3;1H. The minimum absolute atomic E-state index is 0. The van der Waals surface area contributed by atoms with Crippen molar-refractivity contribution < 1.29 is 4.92 Å². The highest BCUT2D eigenvalue weighted by Gasteiger charge is 2.09. The second-order valence-corrected chi connectivity index (χ2v) is 3.15. The largest absolute Gasteiger partial charge is 0.324 e. The number of halogens is 1. The zero-order chi connectivity index (χ0) is 10.0. The first-order valence-corrected chi connectivity index (χ1v) is 4.02. The van der Waals surface area contributed by atoms with Crippen LogP contribution in [0, 0.1) is 17.0 Å². The van der Waals surface area contributed by atoms with Gasteiger partial charge in [-0.2, -0.15) is 0 Å². The van der Waals surface area contributed by atoms with Gasteiger partial charge in [-0.3, -0.25) is 10.1 Å². The van der Waals surface area contributed by atoms with Crippen LogP contribution in [0.15, 0.2) is 18.2 Å². The Balaban J connectivity index is 0.00000169. The van der Waals surface area contributed by atoms with Crippen LogP contribution in [0.4, 0.5) is 5.69 Å². The molecule has 0 aromatic heterocycles. The van der Waals surface area contributed by atoms with Crippen LogP contribution in [0.5, 0.6) is 0 Å². The molecule has 0 aliphatic rings. The third-order valence-electron chi connectivity index (χ3n) is 1.82. The van der Waals surface area contributed by atoms with Gasteiger partial charge >= 0.3 is 0 Å². The van der Waals surface area contributed by atoms with Gasteiger partial charge in [0.05, 0.1) is 4.92 Å². The highest BCUT2D eigenvalue weighted by atomic mass is 35.5. The average molecular weight is 217 g/mol. The molecule has 0 fully saturated rings. The number of nitrogens with zero attached hydrogens (tertiary/aromatic N) is 1. The lowest BCUT2D eigenvalue weighted by atomic mass is 10.1. The molecule has 0 saturated carbocycles. The van der Waals surface area contributed by atoms with Crippen LogP contribution in [0.1, 0.15) is 24.1 Å². The van der Waals surface area contributed by atoms with Gasteiger partial charge in [-0.15, -0.1) is 12.4 Å². The predicted molar refractivity (Wildman–Crippen MR) is 57.7 cm³/mol. The van der Waals surface area contributed by atoms with Gasteiger partial charge in [0.15, 0.2) is 0 Å². The van der Waals surface area contributed by atoms with Crippen molar-refractivity contribution in [3.05, 3.63) is 39.4 Å². The minimum atomic E-state index is -0.404. The van der Waals surface area contributed by atoms with Crippen LogP contribution in [-0.2, 0) is 0 Å². The number of hydrogen-bond donors (Lipinski definition) is 1. The molecule has 5 heteroatoms.